The maximum Gasteiger partial charge on any atom is 0.329 e. The normalized spacial score (nSPS) is 17.8. The minimum atomic E-state index is -3.18. The lowest BCUT2D eigenvalue weighted by atomic mass is 10.1. The highest BCUT2D eigenvalue weighted by atomic mass is 32.2. The third-order valence-electron chi connectivity index (χ3n) is 5.49. The zero-order valence-corrected chi connectivity index (χ0v) is 20.1. The van der Waals surface area contributed by atoms with Gasteiger partial charge in [-0.15, -0.1) is 0 Å². The van der Waals surface area contributed by atoms with Crippen LogP contribution in [0.15, 0.2) is 53.1 Å². The summed E-state index contributed by atoms with van der Waals surface area (Å²) in [4.78, 5) is 39.8. The Hall–Kier alpha value is -3.14. The van der Waals surface area contributed by atoms with Crippen LogP contribution < -0.4 is 5.32 Å². The van der Waals surface area contributed by atoms with Gasteiger partial charge in [-0.2, -0.15) is 0 Å². The van der Waals surface area contributed by atoms with E-state index >= 15 is 0 Å². The van der Waals surface area contributed by atoms with Crippen molar-refractivity contribution >= 4 is 27.6 Å². The monoisotopic (exact) mass is 490 g/mol. The van der Waals surface area contributed by atoms with Gasteiger partial charge < -0.3 is 19.4 Å². The van der Waals surface area contributed by atoms with Crippen molar-refractivity contribution < 1.29 is 32.0 Å². The molecule has 9 nitrogen and oxygen atoms in total. The highest BCUT2D eigenvalue weighted by Gasteiger charge is 2.35. The molecule has 2 amide bonds. The fourth-order valence-corrected chi connectivity index (χ4v) is 5.60. The zero-order valence-electron chi connectivity index (χ0n) is 19.3. The van der Waals surface area contributed by atoms with Crippen molar-refractivity contribution in [3.63, 3.8) is 0 Å². The second-order valence-electron chi connectivity index (χ2n) is 8.80. The number of ether oxygens (including phenoxy) is 1. The Morgan fingerprint density at radius 1 is 1.15 bits per heavy atom. The van der Waals surface area contributed by atoms with Crippen LogP contribution in [-0.2, 0) is 30.6 Å². The van der Waals surface area contributed by atoms with Gasteiger partial charge in [0.05, 0.1) is 17.8 Å². The Bertz CT molecular complexity index is 1080. The summed E-state index contributed by atoms with van der Waals surface area (Å²) in [5, 5.41) is 2.61. The molecule has 1 aromatic carbocycles. The number of amides is 2. The van der Waals surface area contributed by atoms with E-state index in [-0.39, 0.29) is 29.6 Å². The number of esters is 1. The van der Waals surface area contributed by atoms with Crippen molar-refractivity contribution in [2.24, 2.45) is 5.92 Å². The first-order valence-electron chi connectivity index (χ1n) is 11.2. The summed E-state index contributed by atoms with van der Waals surface area (Å²) in [7, 11) is -3.18. The molecule has 1 N–H and O–H groups in total. The number of nitrogens with zero attached hydrogens (tertiary/aromatic N) is 1. The Kier molecular flexibility index (Phi) is 8.49. The predicted octanol–water partition coefficient (Wildman–Crippen LogP) is 1.84. The van der Waals surface area contributed by atoms with Crippen LogP contribution in [0.3, 0.4) is 0 Å². The fourth-order valence-electron chi connectivity index (χ4n) is 3.87. The van der Waals surface area contributed by atoms with Crippen molar-refractivity contribution in [3.05, 3.63) is 60.1 Å². The Balaban J connectivity index is 1.67. The van der Waals surface area contributed by atoms with E-state index in [9.17, 15) is 22.8 Å². The lowest BCUT2D eigenvalue weighted by Crippen LogP contribution is -2.47. The number of nitrogens with one attached hydrogen (secondary N) is 1. The van der Waals surface area contributed by atoms with E-state index in [1.165, 1.54) is 17.2 Å². The molecule has 0 saturated carbocycles. The molecule has 0 aliphatic carbocycles. The van der Waals surface area contributed by atoms with Crippen molar-refractivity contribution in [1.29, 1.82) is 0 Å². The van der Waals surface area contributed by atoms with E-state index in [1.807, 2.05) is 44.2 Å². The average Bonchev–Trinajstić information content (AvgIpc) is 3.45. The van der Waals surface area contributed by atoms with Crippen molar-refractivity contribution in [2.45, 2.75) is 38.8 Å². The molecule has 10 heteroatoms. The van der Waals surface area contributed by atoms with Gasteiger partial charge >= 0.3 is 5.97 Å². The Labute approximate surface area is 199 Å². The van der Waals surface area contributed by atoms with E-state index < -0.39 is 46.3 Å². The number of hydrogen-bond acceptors (Lipinski definition) is 7. The van der Waals surface area contributed by atoms with E-state index in [1.54, 1.807) is 6.07 Å². The zero-order chi connectivity index (χ0) is 24.7. The molecule has 1 aliphatic rings. The predicted molar refractivity (Wildman–Crippen MR) is 125 cm³/mol. The molecule has 1 fully saturated rings. The minimum Gasteiger partial charge on any atom is -0.459 e. The van der Waals surface area contributed by atoms with Gasteiger partial charge in [-0.3, -0.25) is 9.59 Å². The molecule has 2 heterocycles. The summed E-state index contributed by atoms with van der Waals surface area (Å²) in [6.45, 7) is 3.68. The van der Waals surface area contributed by atoms with Gasteiger partial charge in [-0.05, 0) is 30.0 Å². The maximum atomic E-state index is 12.9. The number of rotatable bonds is 10. The molecule has 0 spiro atoms. The number of carbonyl (C=O) groups excluding carboxylic acids is 3. The number of benzene rings is 1. The summed E-state index contributed by atoms with van der Waals surface area (Å²) in [5.41, 5.74) is 0.799. The average molecular weight is 491 g/mol. The molecule has 34 heavy (non-hydrogen) atoms. The highest BCUT2D eigenvalue weighted by molar-refractivity contribution is 7.91. The molecule has 2 aromatic rings. The second kappa shape index (κ2) is 11.3. The van der Waals surface area contributed by atoms with Crippen LogP contribution in [0.25, 0.3) is 0 Å². The Morgan fingerprint density at radius 2 is 1.88 bits per heavy atom. The summed E-state index contributed by atoms with van der Waals surface area (Å²) < 4.78 is 34.2. The van der Waals surface area contributed by atoms with E-state index in [0.717, 1.165) is 5.56 Å². The number of carbonyl (C=O) groups is 3. The van der Waals surface area contributed by atoms with E-state index in [2.05, 4.69) is 5.32 Å². The minimum absolute atomic E-state index is 0.0390. The summed E-state index contributed by atoms with van der Waals surface area (Å²) in [6.07, 6.45) is 1.88. The molecule has 184 valence electrons. The molecule has 0 radical (unpaired) electrons. The molecular weight excluding hydrogens is 460 g/mol. The largest absolute Gasteiger partial charge is 0.459 e. The van der Waals surface area contributed by atoms with Gasteiger partial charge in [0.25, 0.3) is 11.8 Å². The second-order valence-corrected chi connectivity index (χ2v) is 11.0. The van der Waals surface area contributed by atoms with Gasteiger partial charge in [0.15, 0.2) is 22.2 Å². The van der Waals surface area contributed by atoms with Crippen molar-refractivity contribution in [2.75, 3.05) is 24.7 Å². The molecule has 2 unspecified atom stereocenters. The molecule has 1 aromatic heterocycles. The van der Waals surface area contributed by atoms with Crippen LogP contribution in [-0.4, -0.2) is 67.8 Å². The van der Waals surface area contributed by atoms with Crippen LogP contribution in [0.5, 0.6) is 0 Å². The third kappa shape index (κ3) is 7.18. The molecule has 1 aliphatic heterocycles. The molecule has 0 bridgehead atoms. The van der Waals surface area contributed by atoms with Crippen LogP contribution in [0, 0.1) is 5.92 Å². The standard InChI is InChI=1S/C24H30N2O7S/c1-17(2)14-26(19-10-12-34(30,31)16-19)22(27)15-33-24(29)20(13-18-7-4-3-5-8-18)25-23(28)21-9-6-11-32-21/h3-9,11,17,19-20H,10,12-16H2,1-2H3,(H,25,28). The smallest absolute Gasteiger partial charge is 0.329 e. The van der Waals surface area contributed by atoms with Gasteiger partial charge in [-0.25, -0.2) is 13.2 Å². The summed E-state index contributed by atoms with van der Waals surface area (Å²) >= 11 is 0. The van der Waals surface area contributed by atoms with Crippen LogP contribution in [0.1, 0.15) is 36.4 Å². The van der Waals surface area contributed by atoms with Gasteiger partial charge in [0.2, 0.25) is 0 Å². The molecule has 1 saturated heterocycles. The van der Waals surface area contributed by atoms with Crippen LogP contribution >= 0.6 is 0 Å². The lowest BCUT2D eigenvalue weighted by Gasteiger charge is -2.30. The highest BCUT2D eigenvalue weighted by Crippen LogP contribution is 2.19. The molecule has 2 atom stereocenters. The maximum absolute atomic E-state index is 12.9. The van der Waals surface area contributed by atoms with Crippen LogP contribution in [0.2, 0.25) is 0 Å². The topological polar surface area (TPSA) is 123 Å². The first-order chi connectivity index (χ1) is 16.1. The SMILES string of the molecule is CC(C)CN(C(=O)COC(=O)C(Cc1ccccc1)NC(=O)c1ccco1)C1CCS(=O)(=O)C1. The summed E-state index contributed by atoms with van der Waals surface area (Å²) in [5.74, 6) is -1.69. The molecule has 3 rings (SSSR count). The van der Waals surface area contributed by atoms with E-state index in [0.29, 0.717) is 13.0 Å². The third-order valence-corrected chi connectivity index (χ3v) is 7.24. The lowest BCUT2D eigenvalue weighted by molar-refractivity contribution is -0.154. The van der Waals surface area contributed by atoms with Crippen molar-refractivity contribution in [3.8, 4) is 0 Å². The van der Waals surface area contributed by atoms with Crippen molar-refractivity contribution in [1.82, 2.24) is 10.2 Å². The van der Waals surface area contributed by atoms with Gasteiger partial charge in [-0.1, -0.05) is 44.2 Å². The first kappa shape index (κ1) is 25.5. The van der Waals surface area contributed by atoms with Gasteiger partial charge in [0, 0.05) is 19.0 Å². The fraction of sp³-hybridized carbons (Fsp3) is 0.458. The quantitative estimate of drug-likeness (QED) is 0.504. The summed E-state index contributed by atoms with van der Waals surface area (Å²) in [6, 6.07) is 10.7. The molecular formula is C24H30N2O7S. The number of hydrogen-bond donors (Lipinski definition) is 1. The van der Waals surface area contributed by atoms with Gasteiger partial charge in [0.1, 0.15) is 6.04 Å². The van der Waals surface area contributed by atoms with E-state index in [4.69, 9.17) is 9.15 Å². The number of furan rings is 1. The first-order valence-corrected chi connectivity index (χ1v) is 13.0. The van der Waals surface area contributed by atoms with Crippen LogP contribution in [0.4, 0.5) is 0 Å². The Morgan fingerprint density at radius 3 is 2.47 bits per heavy atom. The number of sulfone groups is 1.